The van der Waals surface area contributed by atoms with E-state index < -0.39 is 6.04 Å². The number of hydrogen-bond acceptors (Lipinski definition) is 4. The van der Waals surface area contributed by atoms with Crippen LogP contribution in [0.1, 0.15) is 18.0 Å². The van der Waals surface area contributed by atoms with Gasteiger partial charge < -0.3 is 4.74 Å². The van der Waals surface area contributed by atoms with Gasteiger partial charge in [0.15, 0.2) is 0 Å². The number of methoxy groups -OCH3 is 1. The molecule has 0 saturated carbocycles. The summed E-state index contributed by atoms with van der Waals surface area (Å²) in [5, 5.41) is 12.9. The number of benzene rings is 1. The van der Waals surface area contributed by atoms with Gasteiger partial charge in [-0.3, -0.25) is 10.1 Å². The van der Waals surface area contributed by atoms with Gasteiger partial charge >= 0.3 is 5.97 Å². The Hall–Kier alpha value is -1.57. The summed E-state index contributed by atoms with van der Waals surface area (Å²) in [4.78, 5) is 11.5. The summed E-state index contributed by atoms with van der Waals surface area (Å²) in [6.07, 6.45) is 0.444. The molecule has 1 aliphatic heterocycles. The molecule has 0 radical (unpaired) electrons. The van der Waals surface area contributed by atoms with E-state index in [9.17, 15) is 10.1 Å². The first-order chi connectivity index (χ1) is 8.67. The van der Waals surface area contributed by atoms with Crippen LogP contribution in [0.3, 0.4) is 0 Å². The largest absolute Gasteiger partial charge is 0.468 e. The van der Waals surface area contributed by atoms with Crippen molar-refractivity contribution in [2.24, 2.45) is 5.92 Å². The highest BCUT2D eigenvalue weighted by molar-refractivity contribution is 6.31. The molecule has 1 fully saturated rings. The van der Waals surface area contributed by atoms with Gasteiger partial charge in [-0.25, -0.2) is 0 Å². The van der Waals surface area contributed by atoms with Crippen LogP contribution >= 0.6 is 11.6 Å². The smallest absolute Gasteiger partial charge is 0.322 e. The SMILES string of the molecule is COC(=O)C1CC(C#N)C(c2ccccc2Cl)N1. The fourth-order valence-electron chi connectivity index (χ4n) is 2.26. The van der Waals surface area contributed by atoms with Crippen LogP contribution in [0, 0.1) is 17.2 Å². The Labute approximate surface area is 111 Å². The number of carbonyl (C=O) groups excluding carboxylic acids is 1. The molecule has 0 aliphatic carbocycles. The maximum Gasteiger partial charge on any atom is 0.322 e. The average molecular weight is 265 g/mol. The lowest BCUT2D eigenvalue weighted by Crippen LogP contribution is -2.33. The minimum atomic E-state index is -0.444. The van der Waals surface area contributed by atoms with Gasteiger partial charge in [0.25, 0.3) is 0 Å². The Bertz CT molecular complexity index is 498. The lowest BCUT2D eigenvalue weighted by molar-refractivity contribution is -0.142. The third-order valence-electron chi connectivity index (χ3n) is 3.16. The van der Waals surface area contributed by atoms with E-state index in [0.29, 0.717) is 11.4 Å². The van der Waals surface area contributed by atoms with E-state index >= 15 is 0 Å². The first-order valence-corrected chi connectivity index (χ1v) is 6.03. The molecule has 3 unspecified atom stereocenters. The Morgan fingerprint density at radius 1 is 1.56 bits per heavy atom. The van der Waals surface area contributed by atoms with Crippen molar-refractivity contribution < 1.29 is 9.53 Å². The molecular weight excluding hydrogens is 252 g/mol. The minimum Gasteiger partial charge on any atom is -0.468 e. The van der Waals surface area contributed by atoms with Crippen LogP contribution in [-0.4, -0.2) is 19.1 Å². The first-order valence-electron chi connectivity index (χ1n) is 5.65. The molecule has 1 aliphatic rings. The van der Waals surface area contributed by atoms with Crippen molar-refractivity contribution in [3.8, 4) is 6.07 Å². The third kappa shape index (κ3) is 2.33. The predicted molar refractivity (Wildman–Crippen MR) is 66.9 cm³/mol. The van der Waals surface area contributed by atoms with Crippen molar-refractivity contribution in [3.63, 3.8) is 0 Å². The zero-order chi connectivity index (χ0) is 13.1. The molecule has 1 heterocycles. The average Bonchev–Trinajstić information content (AvgIpc) is 2.82. The van der Waals surface area contributed by atoms with E-state index in [2.05, 4.69) is 11.4 Å². The molecule has 18 heavy (non-hydrogen) atoms. The number of hydrogen-bond donors (Lipinski definition) is 1. The number of nitrogens with one attached hydrogen (secondary N) is 1. The number of carbonyl (C=O) groups is 1. The van der Waals surface area contributed by atoms with Crippen molar-refractivity contribution in [2.45, 2.75) is 18.5 Å². The van der Waals surface area contributed by atoms with Gasteiger partial charge in [-0.2, -0.15) is 5.26 Å². The molecule has 0 spiro atoms. The molecule has 0 aromatic heterocycles. The molecule has 1 aromatic rings. The summed E-state index contributed by atoms with van der Waals surface area (Å²) in [6, 6.07) is 8.89. The highest BCUT2D eigenvalue weighted by atomic mass is 35.5. The van der Waals surface area contributed by atoms with Crippen LogP contribution in [0.4, 0.5) is 0 Å². The number of ether oxygens (including phenoxy) is 1. The normalized spacial score (nSPS) is 26.6. The van der Waals surface area contributed by atoms with Crippen LogP contribution in [0.2, 0.25) is 5.02 Å². The number of nitrogens with zero attached hydrogens (tertiary/aromatic N) is 1. The Kier molecular flexibility index (Phi) is 3.85. The van der Waals surface area contributed by atoms with Crippen molar-refractivity contribution >= 4 is 17.6 Å². The summed E-state index contributed by atoms with van der Waals surface area (Å²) in [7, 11) is 1.34. The molecule has 1 saturated heterocycles. The quantitative estimate of drug-likeness (QED) is 0.831. The molecule has 0 bridgehead atoms. The van der Waals surface area contributed by atoms with Gasteiger partial charge in [-0.05, 0) is 18.1 Å². The summed E-state index contributed by atoms with van der Waals surface area (Å²) < 4.78 is 4.70. The van der Waals surface area contributed by atoms with Gasteiger partial charge in [0.1, 0.15) is 6.04 Å². The maximum atomic E-state index is 11.5. The van der Waals surface area contributed by atoms with Gasteiger partial charge in [0.2, 0.25) is 0 Å². The zero-order valence-corrected chi connectivity index (χ0v) is 10.6. The van der Waals surface area contributed by atoms with Crippen LogP contribution in [0.15, 0.2) is 24.3 Å². The Morgan fingerprint density at radius 3 is 2.89 bits per heavy atom. The van der Waals surface area contributed by atoms with Crippen LogP contribution in [-0.2, 0) is 9.53 Å². The van der Waals surface area contributed by atoms with E-state index in [4.69, 9.17) is 16.3 Å². The first kappa shape index (κ1) is 12.9. The van der Waals surface area contributed by atoms with Crippen molar-refractivity contribution in [3.05, 3.63) is 34.9 Å². The molecule has 4 nitrogen and oxygen atoms in total. The summed E-state index contributed by atoms with van der Waals surface area (Å²) >= 11 is 6.12. The summed E-state index contributed by atoms with van der Waals surface area (Å²) in [5.41, 5.74) is 0.845. The molecule has 1 aromatic carbocycles. The molecule has 0 amide bonds. The topological polar surface area (TPSA) is 62.1 Å². The second-order valence-corrected chi connectivity index (χ2v) is 4.62. The van der Waals surface area contributed by atoms with E-state index in [1.807, 2.05) is 18.2 Å². The minimum absolute atomic E-state index is 0.229. The fourth-order valence-corrected chi connectivity index (χ4v) is 2.51. The van der Waals surface area contributed by atoms with Gasteiger partial charge in [-0.15, -0.1) is 0 Å². The van der Waals surface area contributed by atoms with Crippen LogP contribution in [0.25, 0.3) is 0 Å². The fraction of sp³-hybridized carbons (Fsp3) is 0.385. The van der Waals surface area contributed by atoms with Crippen LogP contribution in [0.5, 0.6) is 0 Å². The number of rotatable bonds is 2. The zero-order valence-electron chi connectivity index (χ0n) is 9.89. The summed E-state index contributed by atoms with van der Waals surface area (Å²) in [6.45, 7) is 0. The highest BCUT2D eigenvalue weighted by Crippen LogP contribution is 2.35. The number of esters is 1. The molecular formula is C13H13ClN2O2. The molecule has 3 atom stereocenters. The molecule has 94 valence electrons. The van der Waals surface area contributed by atoms with Crippen molar-refractivity contribution in [1.82, 2.24) is 5.32 Å². The third-order valence-corrected chi connectivity index (χ3v) is 3.51. The monoisotopic (exact) mass is 264 g/mol. The van der Waals surface area contributed by atoms with Gasteiger partial charge in [-0.1, -0.05) is 29.8 Å². The second-order valence-electron chi connectivity index (χ2n) is 4.21. The lowest BCUT2D eigenvalue weighted by Gasteiger charge is -2.16. The molecule has 2 rings (SSSR count). The predicted octanol–water partition coefficient (Wildman–Crippen LogP) is 2.06. The van der Waals surface area contributed by atoms with E-state index in [1.165, 1.54) is 7.11 Å². The standard InChI is InChI=1S/C13H13ClN2O2/c1-18-13(17)11-6-8(7-15)12(16-11)9-4-2-3-5-10(9)14/h2-5,8,11-12,16H,6H2,1H3. The molecule has 1 N–H and O–H groups in total. The van der Waals surface area contributed by atoms with Crippen LogP contribution < -0.4 is 5.32 Å². The number of halogens is 1. The van der Waals surface area contributed by atoms with Gasteiger partial charge in [0, 0.05) is 5.02 Å². The van der Waals surface area contributed by atoms with Gasteiger partial charge in [0.05, 0.1) is 25.1 Å². The Morgan fingerprint density at radius 2 is 2.28 bits per heavy atom. The van der Waals surface area contributed by atoms with E-state index in [-0.39, 0.29) is 17.9 Å². The highest BCUT2D eigenvalue weighted by Gasteiger charge is 2.39. The van der Waals surface area contributed by atoms with E-state index in [0.717, 1.165) is 5.56 Å². The maximum absolute atomic E-state index is 11.5. The number of nitriles is 1. The lowest BCUT2D eigenvalue weighted by atomic mass is 9.95. The van der Waals surface area contributed by atoms with E-state index in [1.54, 1.807) is 6.07 Å². The summed E-state index contributed by atoms with van der Waals surface area (Å²) in [5.74, 6) is -0.626. The molecule has 5 heteroatoms. The second kappa shape index (κ2) is 5.38. The van der Waals surface area contributed by atoms with Crippen molar-refractivity contribution in [2.75, 3.05) is 7.11 Å². The van der Waals surface area contributed by atoms with Crippen molar-refractivity contribution in [1.29, 1.82) is 5.26 Å². The Balaban J connectivity index is 2.26.